The molecule has 4 aromatic rings. The zero-order valence-corrected chi connectivity index (χ0v) is 18.8. The SMILES string of the molecule is COc1ccc(-c2nn(-c3ccccc3)cc2/C=C2/C(=O)Nc3ccc(Cl)cc32)cc1OC. The van der Waals surface area contributed by atoms with Crippen LogP contribution in [0.1, 0.15) is 11.1 Å². The smallest absolute Gasteiger partial charge is 0.256 e. The number of para-hydroxylation sites is 1. The van der Waals surface area contributed by atoms with Crippen LogP contribution in [-0.2, 0) is 4.79 Å². The van der Waals surface area contributed by atoms with Gasteiger partial charge >= 0.3 is 0 Å². The van der Waals surface area contributed by atoms with Crippen LogP contribution >= 0.6 is 11.6 Å². The first-order valence-electron chi connectivity index (χ1n) is 10.3. The summed E-state index contributed by atoms with van der Waals surface area (Å²) in [4.78, 5) is 12.8. The first-order chi connectivity index (χ1) is 16.1. The second kappa shape index (κ2) is 8.48. The second-order valence-corrected chi connectivity index (χ2v) is 7.92. The van der Waals surface area contributed by atoms with Crippen LogP contribution in [0.25, 0.3) is 28.6 Å². The third-order valence-corrected chi connectivity index (χ3v) is 5.72. The van der Waals surface area contributed by atoms with Gasteiger partial charge in [0.25, 0.3) is 5.91 Å². The van der Waals surface area contributed by atoms with Gasteiger partial charge in [0.1, 0.15) is 5.69 Å². The van der Waals surface area contributed by atoms with Crippen LogP contribution in [-0.4, -0.2) is 29.9 Å². The number of aromatic nitrogens is 2. The predicted molar refractivity (Wildman–Crippen MR) is 130 cm³/mol. The molecule has 1 aliphatic heterocycles. The maximum atomic E-state index is 12.8. The summed E-state index contributed by atoms with van der Waals surface area (Å²) in [5.74, 6) is 1.04. The molecule has 0 bridgehead atoms. The minimum absolute atomic E-state index is 0.182. The molecule has 0 saturated carbocycles. The molecule has 164 valence electrons. The van der Waals surface area contributed by atoms with E-state index in [0.717, 1.165) is 28.1 Å². The van der Waals surface area contributed by atoms with E-state index in [1.807, 2.05) is 60.8 Å². The Balaban J connectivity index is 1.69. The summed E-state index contributed by atoms with van der Waals surface area (Å²) < 4.78 is 12.7. The van der Waals surface area contributed by atoms with Gasteiger partial charge in [0.05, 0.1) is 19.9 Å². The first-order valence-corrected chi connectivity index (χ1v) is 10.7. The Bertz CT molecular complexity index is 1390. The molecular weight excluding hydrogens is 438 g/mol. The average Bonchev–Trinajstić information content (AvgIpc) is 3.40. The van der Waals surface area contributed by atoms with Gasteiger partial charge in [-0.05, 0) is 54.6 Å². The number of rotatable bonds is 5. The number of hydrogen-bond donors (Lipinski definition) is 1. The highest BCUT2D eigenvalue weighted by molar-refractivity contribution is 6.36. The first kappa shape index (κ1) is 20.8. The molecule has 3 aromatic carbocycles. The summed E-state index contributed by atoms with van der Waals surface area (Å²) in [5, 5.41) is 8.30. The summed E-state index contributed by atoms with van der Waals surface area (Å²) in [7, 11) is 3.19. The van der Waals surface area contributed by atoms with E-state index in [0.29, 0.717) is 27.8 Å². The molecule has 1 amide bonds. The van der Waals surface area contributed by atoms with Gasteiger partial charge in [-0.2, -0.15) is 5.10 Å². The molecule has 5 rings (SSSR count). The van der Waals surface area contributed by atoms with Crippen molar-refractivity contribution in [1.82, 2.24) is 9.78 Å². The molecule has 33 heavy (non-hydrogen) atoms. The van der Waals surface area contributed by atoms with E-state index >= 15 is 0 Å². The van der Waals surface area contributed by atoms with Crippen molar-refractivity contribution < 1.29 is 14.3 Å². The molecule has 1 aliphatic rings. The maximum Gasteiger partial charge on any atom is 0.256 e. The van der Waals surface area contributed by atoms with E-state index in [2.05, 4.69) is 5.32 Å². The lowest BCUT2D eigenvalue weighted by Gasteiger charge is -2.09. The van der Waals surface area contributed by atoms with Crippen molar-refractivity contribution in [3.8, 4) is 28.4 Å². The fraction of sp³-hybridized carbons (Fsp3) is 0.0769. The van der Waals surface area contributed by atoms with Crippen molar-refractivity contribution in [2.45, 2.75) is 0 Å². The topological polar surface area (TPSA) is 65.4 Å². The fourth-order valence-electron chi connectivity index (χ4n) is 3.87. The van der Waals surface area contributed by atoms with Crippen molar-refractivity contribution >= 4 is 34.8 Å². The minimum atomic E-state index is -0.182. The molecule has 0 unspecified atom stereocenters. The Kier molecular flexibility index (Phi) is 5.36. The molecule has 0 aliphatic carbocycles. The maximum absolute atomic E-state index is 12.8. The van der Waals surface area contributed by atoms with Crippen LogP contribution in [0.4, 0.5) is 5.69 Å². The quantitative estimate of drug-likeness (QED) is 0.390. The zero-order chi connectivity index (χ0) is 22.9. The number of anilines is 1. The normalized spacial score (nSPS) is 13.7. The molecular formula is C26H20ClN3O3. The standard InChI is InChI=1S/C26H20ClN3O3/c1-32-23-11-8-16(13-24(23)33-2)25-17(15-30(29-25)19-6-4-3-5-7-19)12-21-20-14-18(27)9-10-22(20)28-26(21)31/h3-15H,1-2H3,(H,28,31)/b21-12+. The van der Waals surface area contributed by atoms with Crippen molar-refractivity contribution in [2.75, 3.05) is 19.5 Å². The van der Waals surface area contributed by atoms with Crippen LogP contribution in [0.5, 0.6) is 11.5 Å². The highest BCUT2D eigenvalue weighted by Crippen LogP contribution is 2.38. The number of ether oxygens (including phenoxy) is 2. The van der Waals surface area contributed by atoms with Crippen LogP contribution < -0.4 is 14.8 Å². The van der Waals surface area contributed by atoms with E-state index in [1.54, 1.807) is 37.1 Å². The van der Waals surface area contributed by atoms with Crippen molar-refractivity contribution in [3.05, 3.63) is 89.1 Å². The van der Waals surface area contributed by atoms with Gasteiger partial charge < -0.3 is 14.8 Å². The van der Waals surface area contributed by atoms with E-state index in [9.17, 15) is 4.79 Å². The number of halogens is 1. The van der Waals surface area contributed by atoms with Crippen LogP contribution in [0.2, 0.25) is 5.02 Å². The largest absolute Gasteiger partial charge is 0.493 e. The number of methoxy groups -OCH3 is 2. The number of nitrogens with one attached hydrogen (secondary N) is 1. The monoisotopic (exact) mass is 457 g/mol. The number of fused-ring (bicyclic) bond motifs is 1. The molecule has 6 nitrogen and oxygen atoms in total. The second-order valence-electron chi connectivity index (χ2n) is 7.48. The van der Waals surface area contributed by atoms with E-state index in [-0.39, 0.29) is 5.91 Å². The number of hydrogen-bond acceptors (Lipinski definition) is 4. The molecule has 0 saturated heterocycles. The number of benzene rings is 3. The highest BCUT2D eigenvalue weighted by atomic mass is 35.5. The van der Waals surface area contributed by atoms with Gasteiger partial charge in [-0.25, -0.2) is 4.68 Å². The fourth-order valence-corrected chi connectivity index (χ4v) is 4.04. The number of amides is 1. The third kappa shape index (κ3) is 3.85. The third-order valence-electron chi connectivity index (χ3n) is 5.48. The lowest BCUT2D eigenvalue weighted by Crippen LogP contribution is -2.03. The van der Waals surface area contributed by atoms with Crippen LogP contribution in [0.15, 0.2) is 72.9 Å². The Morgan fingerprint density at radius 3 is 2.52 bits per heavy atom. The summed E-state index contributed by atoms with van der Waals surface area (Å²) in [6.07, 6.45) is 3.75. The van der Waals surface area contributed by atoms with Crippen molar-refractivity contribution in [2.24, 2.45) is 0 Å². The summed E-state index contributed by atoms with van der Waals surface area (Å²) in [6, 6.07) is 20.8. The molecule has 0 atom stereocenters. The van der Waals surface area contributed by atoms with Crippen molar-refractivity contribution in [3.63, 3.8) is 0 Å². The van der Waals surface area contributed by atoms with Gasteiger partial charge in [-0.3, -0.25) is 4.79 Å². The zero-order valence-electron chi connectivity index (χ0n) is 18.0. The number of carbonyl (C=O) groups is 1. The van der Waals surface area contributed by atoms with E-state index in [4.69, 9.17) is 26.2 Å². The van der Waals surface area contributed by atoms with E-state index in [1.165, 1.54) is 0 Å². The molecule has 0 radical (unpaired) electrons. The predicted octanol–water partition coefficient (Wildman–Crippen LogP) is 5.70. The van der Waals surface area contributed by atoms with Gasteiger partial charge in [0.15, 0.2) is 11.5 Å². The average molecular weight is 458 g/mol. The lowest BCUT2D eigenvalue weighted by atomic mass is 10.0. The highest BCUT2D eigenvalue weighted by Gasteiger charge is 2.25. The van der Waals surface area contributed by atoms with Gasteiger partial charge in [-0.1, -0.05) is 29.8 Å². The summed E-state index contributed by atoms with van der Waals surface area (Å²) in [6.45, 7) is 0. The van der Waals surface area contributed by atoms with E-state index < -0.39 is 0 Å². The Morgan fingerprint density at radius 1 is 0.970 bits per heavy atom. The van der Waals surface area contributed by atoms with Gasteiger partial charge in [0, 0.05) is 39.2 Å². The molecule has 7 heteroatoms. The van der Waals surface area contributed by atoms with Gasteiger partial charge in [0.2, 0.25) is 0 Å². The molecule has 0 fully saturated rings. The molecule has 1 N–H and O–H groups in total. The number of carbonyl (C=O) groups excluding carboxylic acids is 1. The summed E-state index contributed by atoms with van der Waals surface area (Å²) in [5.41, 5.74) is 5.25. The lowest BCUT2D eigenvalue weighted by molar-refractivity contribution is -0.110. The minimum Gasteiger partial charge on any atom is -0.493 e. The summed E-state index contributed by atoms with van der Waals surface area (Å²) >= 11 is 6.20. The van der Waals surface area contributed by atoms with Gasteiger partial charge in [-0.15, -0.1) is 0 Å². The molecule has 2 heterocycles. The van der Waals surface area contributed by atoms with Crippen LogP contribution in [0.3, 0.4) is 0 Å². The Morgan fingerprint density at radius 2 is 1.76 bits per heavy atom. The molecule has 1 aromatic heterocycles. The Labute approximate surface area is 196 Å². The van der Waals surface area contributed by atoms with Crippen molar-refractivity contribution in [1.29, 1.82) is 0 Å². The Hall–Kier alpha value is -4.03. The molecule has 0 spiro atoms. The number of nitrogens with zero attached hydrogens (tertiary/aromatic N) is 2. The van der Waals surface area contributed by atoms with Crippen LogP contribution in [0, 0.1) is 0 Å².